The molecular formula is C26H26FN3O. The van der Waals surface area contributed by atoms with Crippen molar-refractivity contribution in [1.82, 2.24) is 14.4 Å². The molecule has 1 N–H and O–H groups in total. The van der Waals surface area contributed by atoms with Gasteiger partial charge in [0, 0.05) is 11.6 Å². The van der Waals surface area contributed by atoms with Crippen molar-refractivity contribution >= 4 is 16.4 Å². The lowest BCUT2D eigenvalue weighted by molar-refractivity contribution is 0.0755. The molecule has 3 aromatic heterocycles. The van der Waals surface area contributed by atoms with Crippen molar-refractivity contribution in [3.63, 3.8) is 0 Å². The van der Waals surface area contributed by atoms with Gasteiger partial charge in [-0.2, -0.15) is 0 Å². The molecule has 5 heteroatoms. The predicted octanol–water partition coefficient (Wildman–Crippen LogP) is 5.91. The third-order valence-electron chi connectivity index (χ3n) is 7.37. The number of aliphatic hydroxyl groups excluding tert-OH is 1. The SMILES string of the molecule is O[C@H](c1c(C2CC2)ccc2cncn12)[C@H]1CC[C@H](c2ccc(F)c3ncccc32)CC1. The molecule has 158 valence electrons. The second-order valence-corrected chi connectivity index (χ2v) is 9.23. The summed E-state index contributed by atoms with van der Waals surface area (Å²) >= 11 is 0. The zero-order chi connectivity index (χ0) is 20.9. The van der Waals surface area contributed by atoms with E-state index >= 15 is 0 Å². The van der Waals surface area contributed by atoms with Gasteiger partial charge in [-0.3, -0.25) is 4.98 Å². The van der Waals surface area contributed by atoms with Crippen LogP contribution in [0, 0.1) is 11.7 Å². The van der Waals surface area contributed by atoms with Gasteiger partial charge in [0.15, 0.2) is 0 Å². The number of rotatable bonds is 4. The van der Waals surface area contributed by atoms with Crippen LogP contribution in [0.25, 0.3) is 16.4 Å². The molecule has 1 atom stereocenters. The van der Waals surface area contributed by atoms with Crippen molar-refractivity contribution in [2.45, 2.75) is 56.5 Å². The topological polar surface area (TPSA) is 50.4 Å². The minimum absolute atomic E-state index is 0.228. The molecule has 0 aliphatic heterocycles. The minimum Gasteiger partial charge on any atom is -0.387 e. The Morgan fingerprint density at radius 2 is 1.68 bits per heavy atom. The third kappa shape index (κ3) is 3.23. The molecule has 0 saturated heterocycles. The normalized spacial score (nSPS) is 22.8. The molecule has 2 saturated carbocycles. The van der Waals surface area contributed by atoms with Gasteiger partial charge in [0.1, 0.15) is 11.3 Å². The van der Waals surface area contributed by atoms with Crippen LogP contribution in [-0.2, 0) is 0 Å². The Labute approximate surface area is 180 Å². The molecule has 0 amide bonds. The van der Waals surface area contributed by atoms with Crippen LogP contribution >= 0.6 is 0 Å². The van der Waals surface area contributed by atoms with Gasteiger partial charge in [0.2, 0.25) is 0 Å². The number of benzene rings is 1. The number of imidazole rings is 1. The number of nitrogens with zero attached hydrogens (tertiary/aromatic N) is 3. The van der Waals surface area contributed by atoms with Gasteiger partial charge in [-0.25, -0.2) is 9.37 Å². The zero-order valence-electron chi connectivity index (χ0n) is 17.4. The highest BCUT2D eigenvalue weighted by atomic mass is 19.1. The van der Waals surface area contributed by atoms with E-state index in [-0.39, 0.29) is 11.7 Å². The van der Waals surface area contributed by atoms with Crippen molar-refractivity contribution in [1.29, 1.82) is 0 Å². The van der Waals surface area contributed by atoms with E-state index in [1.54, 1.807) is 12.3 Å². The maximum atomic E-state index is 14.2. The number of hydrogen-bond donors (Lipinski definition) is 1. The quantitative estimate of drug-likeness (QED) is 0.451. The first-order chi connectivity index (χ1) is 15.2. The van der Waals surface area contributed by atoms with Crippen molar-refractivity contribution in [2.75, 3.05) is 0 Å². The zero-order valence-corrected chi connectivity index (χ0v) is 17.4. The van der Waals surface area contributed by atoms with Crippen LogP contribution in [0.15, 0.2) is 55.1 Å². The Bertz CT molecular complexity index is 1250. The lowest BCUT2D eigenvalue weighted by atomic mass is 9.75. The molecule has 0 unspecified atom stereocenters. The van der Waals surface area contributed by atoms with Crippen LogP contribution in [-0.4, -0.2) is 19.5 Å². The average molecular weight is 416 g/mol. The van der Waals surface area contributed by atoms with Crippen LogP contribution < -0.4 is 0 Å². The highest BCUT2D eigenvalue weighted by Crippen LogP contribution is 2.47. The fraction of sp³-hybridized carbons (Fsp3) is 0.385. The number of pyridine rings is 2. The highest BCUT2D eigenvalue weighted by Gasteiger charge is 2.34. The van der Waals surface area contributed by atoms with E-state index in [1.165, 1.54) is 24.0 Å². The summed E-state index contributed by atoms with van der Waals surface area (Å²) in [5, 5.41) is 12.4. The van der Waals surface area contributed by atoms with E-state index in [9.17, 15) is 9.50 Å². The smallest absolute Gasteiger partial charge is 0.149 e. The second-order valence-electron chi connectivity index (χ2n) is 9.23. The first-order valence-corrected chi connectivity index (χ1v) is 11.4. The summed E-state index contributed by atoms with van der Waals surface area (Å²) in [5.74, 6) is 0.921. The van der Waals surface area contributed by atoms with E-state index in [0.717, 1.165) is 42.3 Å². The van der Waals surface area contributed by atoms with Gasteiger partial charge in [-0.05, 0) is 85.6 Å². The van der Waals surface area contributed by atoms with Crippen LogP contribution in [0.5, 0.6) is 0 Å². The standard InChI is InChI=1S/C26H26FN3O/c27-23-12-11-20(22-2-1-13-29-24(22)23)16-5-7-18(8-6-16)26(31)25-21(17-3-4-17)10-9-19-14-28-15-30(19)25/h1-2,9-18,26,31H,3-8H2/t16-,18-,26-/m0/s1. The molecule has 2 fully saturated rings. The Morgan fingerprint density at radius 3 is 2.48 bits per heavy atom. The molecule has 2 aliphatic carbocycles. The minimum atomic E-state index is -0.485. The molecule has 4 aromatic rings. The van der Waals surface area contributed by atoms with E-state index < -0.39 is 6.10 Å². The molecule has 4 nitrogen and oxygen atoms in total. The Morgan fingerprint density at radius 1 is 0.935 bits per heavy atom. The van der Waals surface area contributed by atoms with Gasteiger partial charge < -0.3 is 9.51 Å². The Kier molecular flexibility index (Phi) is 4.53. The van der Waals surface area contributed by atoms with Crippen LogP contribution in [0.3, 0.4) is 0 Å². The maximum Gasteiger partial charge on any atom is 0.149 e. The first kappa shape index (κ1) is 18.9. The number of fused-ring (bicyclic) bond motifs is 2. The van der Waals surface area contributed by atoms with Crippen LogP contribution in [0.2, 0.25) is 0 Å². The summed E-state index contributed by atoms with van der Waals surface area (Å²) in [7, 11) is 0. The lowest BCUT2D eigenvalue weighted by Gasteiger charge is -2.33. The molecule has 3 heterocycles. The molecule has 2 aliphatic rings. The summed E-state index contributed by atoms with van der Waals surface area (Å²) < 4.78 is 16.3. The van der Waals surface area contributed by atoms with Crippen LogP contribution in [0.1, 0.15) is 73.3 Å². The lowest BCUT2D eigenvalue weighted by Crippen LogP contribution is -2.22. The van der Waals surface area contributed by atoms with E-state index in [2.05, 4.69) is 26.5 Å². The summed E-state index contributed by atoms with van der Waals surface area (Å²) in [5.41, 5.74) is 5.02. The molecule has 0 radical (unpaired) electrons. The summed E-state index contributed by atoms with van der Waals surface area (Å²) in [6, 6.07) is 11.6. The average Bonchev–Trinajstić information content (AvgIpc) is 3.55. The molecular weight excluding hydrogens is 389 g/mol. The largest absolute Gasteiger partial charge is 0.387 e. The number of aliphatic hydroxyl groups is 1. The van der Waals surface area contributed by atoms with E-state index in [1.807, 2.05) is 30.7 Å². The molecule has 0 bridgehead atoms. The van der Waals surface area contributed by atoms with Crippen molar-refractivity contribution < 1.29 is 9.50 Å². The number of halogens is 1. The number of aromatic nitrogens is 3. The van der Waals surface area contributed by atoms with Crippen molar-refractivity contribution in [2.24, 2.45) is 5.92 Å². The third-order valence-corrected chi connectivity index (χ3v) is 7.37. The molecule has 6 rings (SSSR count). The number of hydrogen-bond acceptors (Lipinski definition) is 3. The highest BCUT2D eigenvalue weighted by molar-refractivity contribution is 5.83. The first-order valence-electron chi connectivity index (χ1n) is 11.4. The Balaban J connectivity index is 1.27. The summed E-state index contributed by atoms with van der Waals surface area (Å²) in [6.07, 6.45) is 11.2. The maximum absolute atomic E-state index is 14.2. The van der Waals surface area contributed by atoms with Crippen molar-refractivity contribution in [3.8, 4) is 0 Å². The molecule has 1 aromatic carbocycles. The fourth-order valence-electron chi connectivity index (χ4n) is 5.57. The van der Waals surface area contributed by atoms with E-state index in [4.69, 9.17) is 0 Å². The van der Waals surface area contributed by atoms with Crippen LogP contribution in [0.4, 0.5) is 4.39 Å². The summed E-state index contributed by atoms with van der Waals surface area (Å²) in [4.78, 5) is 8.56. The van der Waals surface area contributed by atoms with Gasteiger partial charge in [0.25, 0.3) is 0 Å². The van der Waals surface area contributed by atoms with Gasteiger partial charge in [-0.15, -0.1) is 0 Å². The fourth-order valence-corrected chi connectivity index (χ4v) is 5.57. The summed E-state index contributed by atoms with van der Waals surface area (Å²) in [6.45, 7) is 0. The van der Waals surface area contributed by atoms with Crippen molar-refractivity contribution in [3.05, 3.63) is 77.8 Å². The molecule has 0 spiro atoms. The van der Waals surface area contributed by atoms with Gasteiger partial charge >= 0.3 is 0 Å². The Hall–Kier alpha value is -2.79. The van der Waals surface area contributed by atoms with Gasteiger partial charge in [-0.1, -0.05) is 18.2 Å². The van der Waals surface area contributed by atoms with E-state index in [0.29, 0.717) is 17.4 Å². The monoisotopic (exact) mass is 415 g/mol. The second kappa shape index (κ2) is 7.41. The molecule has 31 heavy (non-hydrogen) atoms. The predicted molar refractivity (Wildman–Crippen MR) is 119 cm³/mol. The van der Waals surface area contributed by atoms with Gasteiger partial charge in [0.05, 0.1) is 29.8 Å².